The minimum absolute atomic E-state index is 0.320. The first-order chi connectivity index (χ1) is 19.6. The maximum Gasteiger partial charge on any atom is 0.335 e. The van der Waals surface area contributed by atoms with Gasteiger partial charge in [0.15, 0.2) is 5.82 Å². The van der Waals surface area contributed by atoms with Gasteiger partial charge < -0.3 is 14.4 Å². The molecule has 1 N–H and O–H groups in total. The fourth-order valence-electron chi connectivity index (χ4n) is 7.09. The van der Waals surface area contributed by atoms with E-state index in [0.717, 1.165) is 60.8 Å². The summed E-state index contributed by atoms with van der Waals surface area (Å²) in [7, 11) is 1.99. The van der Waals surface area contributed by atoms with Crippen molar-refractivity contribution in [2.24, 2.45) is 13.0 Å². The van der Waals surface area contributed by atoms with E-state index in [1.807, 2.05) is 23.9 Å². The number of carboxylic acids is 1. The number of carbonyl (C=O) groups is 1. The summed E-state index contributed by atoms with van der Waals surface area (Å²) in [6.45, 7) is 2.24. The third-order valence-corrected chi connectivity index (χ3v) is 9.19. The summed E-state index contributed by atoms with van der Waals surface area (Å²) in [6.07, 6.45) is 11.4. The van der Waals surface area contributed by atoms with Crippen molar-refractivity contribution in [1.29, 1.82) is 0 Å². The van der Waals surface area contributed by atoms with Crippen LogP contribution < -0.4 is 0 Å². The third-order valence-electron chi connectivity index (χ3n) is 9.19. The van der Waals surface area contributed by atoms with E-state index in [0.29, 0.717) is 23.9 Å². The number of rotatable bonds is 5. The van der Waals surface area contributed by atoms with Gasteiger partial charge in [0.05, 0.1) is 17.8 Å². The molecule has 40 heavy (non-hydrogen) atoms. The number of aryl methyl sites for hydroxylation is 1. The molecule has 4 aromatic rings. The number of ether oxygens (including phenoxy) is 1. The molecule has 2 aromatic heterocycles. The van der Waals surface area contributed by atoms with Gasteiger partial charge in [0.25, 0.3) is 0 Å². The molecule has 7 nitrogen and oxygen atoms in total. The van der Waals surface area contributed by atoms with Gasteiger partial charge in [-0.3, -0.25) is 4.68 Å². The molecule has 4 heterocycles. The molecule has 1 saturated carbocycles. The molecule has 7 rings (SSSR count). The van der Waals surface area contributed by atoms with E-state index < -0.39 is 5.97 Å². The van der Waals surface area contributed by atoms with E-state index >= 15 is 0 Å². The minimum Gasteiger partial charge on any atom is -0.478 e. The van der Waals surface area contributed by atoms with Gasteiger partial charge in [-0.25, -0.2) is 9.78 Å². The fourth-order valence-corrected chi connectivity index (χ4v) is 7.09. The van der Waals surface area contributed by atoms with Crippen LogP contribution in [0.15, 0.2) is 42.5 Å². The summed E-state index contributed by atoms with van der Waals surface area (Å²) in [5, 5.41) is 16.0. The highest BCUT2D eigenvalue weighted by Crippen LogP contribution is 2.47. The number of aromatic carboxylic acids is 1. The molecule has 0 unspecified atom stereocenters. The number of aromatic nitrogens is 4. The van der Waals surface area contributed by atoms with Crippen molar-refractivity contribution in [2.45, 2.75) is 63.8 Å². The van der Waals surface area contributed by atoms with Gasteiger partial charge in [-0.05, 0) is 66.9 Å². The van der Waals surface area contributed by atoms with Gasteiger partial charge in [-0.2, -0.15) is 5.10 Å². The number of hydrogen-bond acceptors (Lipinski definition) is 4. The second kappa shape index (κ2) is 10.4. The molecule has 0 atom stereocenters. The Labute approximate surface area is 234 Å². The van der Waals surface area contributed by atoms with Crippen LogP contribution in [0.25, 0.3) is 33.8 Å². The molecule has 0 radical (unpaired) electrons. The molecule has 1 aliphatic carbocycles. The zero-order chi connectivity index (χ0) is 27.2. The summed E-state index contributed by atoms with van der Waals surface area (Å²) >= 11 is 0. The Morgan fingerprint density at radius 3 is 2.65 bits per heavy atom. The largest absolute Gasteiger partial charge is 0.478 e. The Balaban J connectivity index is 1.39. The Hall–Kier alpha value is -3.71. The number of fused-ring (bicyclic) bond motifs is 5. The molecule has 2 aliphatic heterocycles. The van der Waals surface area contributed by atoms with Gasteiger partial charge in [0.2, 0.25) is 0 Å². The molecule has 0 amide bonds. The first-order valence-electron chi connectivity index (χ1n) is 14.7. The smallest absolute Gasteiger partial charge is 0.335 e. The summed E-state index contributed by atoms with van der Waals surface area (Å²) in [6, 6.07) is 14.3. The van der Waals surface area contributed by atoms with E-state index in [1.165, 1.54) is 54.3 Å². The maximum atomic E-state index is 12.0. The average Bonchev–Trinajstić information content (AvgIpc) is 3.44. The van der Waals surface area contributed by atoms with Crippen LogP contribution in [0.2, 0.25) is 0 Å². The summed E-state index contributed by atoms with van der Waals surface area (Å²) in [5.74, 6) is 1.90. The predicted molar refractivity (Wildman–Crippen MR) is 156 cm³/mol. The standard InChI is InChI=1S/C33H36N4O3/c1-36-29(17-21-13-15-40-16-14-21)34-32(35-36)25-18-23-9-5-6-10-26(23)31-30(22-7-3-2-4-8-22)27-12-11-24(33(38)39)19-28(27)37(31)20-25/h5-6,9-12,18-19,21-22H,2-4,7-8,13-17,20H2,1H3,(H,38,39). The van der Waals surface area contributed by atoms with Crippen LogP contribution in [-0.2, 0) is 24.8 Å². The molecular weight excluding hydrogens is 500 g/mol. The number of nitrogens with zero attached hydrogens (tertiary/aromatic N) is 4. The first-order valence-corrected chi connectivity index (χ1v) is 14.7. The van der Waals surface area contributed by atoms with Crippen LogP contribution in [0.5, 0.6) is 0 Å². The van der Waals surface area contributed by atoms with E-state index in [-0.39, 0.29) is 0 Å². The molecule has 7 heteroatoms. The lowest BCUT2D eigenvalue weighted by molar-refractivity contribution is 0.0657. The zero-order valence-electron chi connectivity index (χ0n) is 23.1. The topological polar surface area (TPSA) is 82.2 Å². The number of hydrogen-bond donors (Lipinski definition) is 1. The van der Waals surface area contributed by atoms with Gasteiger partial charge in [0.1, 0.15) is 5.82 Å². The summed E-state index contributed by atoms with van der Waals surface area (Å²) in [4.78, 5) is 17.1. The summed E-state index contributed by atoms with van der Waals surface area (Å²) in [5.41, 5.74) is 7.31. The lowest BCUT2D eigenvalue weighted by atomic mass is 9.81. The normalized spacial score (nSPS) is 18.3. The monoisotopic (exact) mass is 536 g/mol. The van der Waals surface area contributed by atoms with E-state index in [9.17, 15) is 9.90 Å². The van der Waals surface area contributed by atoms with Crippen molar-refractivity contribution in [1.82, 2.24) is 19.3 Å². The predicted octanol–water partition coefficient (Wildman–Crippen LogP) is 6.71. The highest BCUT2D eigenvalue weighted by Gasteiger charge is 2.30. The van der Waals surface area contributed by atoms with E-state index in [4.69, 9.17) is 14.8 Å². The van der Waals surface area contributed by atoms with Crippen LogP contribution in [0.1, 0.15) is 84.0 Å². The second-order valence-electron chi connectivity index (χ2n) is 11.7. The molecule has 2 fully saturated rings. The zero-order valence-corrected chi connectivity index (χ0v) is 23.1. The van der Waals surface area contributed by atoms with Crippen LogP contribution in [0.3, 0.4) is 0 Å². The molecule has 2 aromatic carbocycles. The van der Waals surface area contributed by atoms with Crippen molar-refractivity contribution in [3.8, 4) is 11.3 Å². The van der Waals surface area contributed by atoms with Crippen molar-refractivity contribution in [3.05, 3.63) is 70.8 Å². The quantitative estimate of drug-likeness (QED) is 0.307. The van der Waals surface area contributed by atoms with Gasteiger partial charge >= 0.3 is 5.97 Å². The molecule has 0 bridgehead atoms. The van der Waals surface area contributed by atoms with Crippen LogP contribution in [-0.4, -0.2) is 43.6 Å². The highest BCUT2D eigenvalue weighted by atomic mass is 16.5. The average molecular weight is 537 g/mol. The lowest BCUT2D eigenvalue weighted by Gasteiger charge is -2.24. The van der Waals surface area contributed by atoms with Crippen LogP contribution in [0, 0.1) is 5.92 Å². The minimum atomic E-state index is -0.898. The number of allylic oxidation sites excluding steroid dienone is 1. The van der Waals surface area contributed by atoms with Crippen molar-refractivity contribution >= 4 is 28.5 Å². The second-order valence-corrected chi connectivity index (χ2v) is 11.7. The van der Waals surface area contributed by atoms with Gasteiger partial charge in [0, 0.05) is 48.7 Å². The van der Waals surface area contributed by atoms with Crippen molar-refractivity contribution in [2.75, 3.05) is 13.2 Å². The van der Waals surface area contributed by atoms with Crippen LogP contribution in [0.4, 0.5) is 0 Å². The van der Waals surface area contributed by atoms with E-state index in [1.54, 1.807) is 6.07 Å². The Morgan fingerprint density at radius 2 is 1.85 bits per heavy atom. The van der Waals surface area contributed by atoms with Crippen molar-refractivity contribution < 1.29 is 14.6 Å². The summed E-state index contributed by atoms with van der Waals surface area (Å²) < 4.78 is 9.84. The SMILES string of the molecule is Cn1nc(C2=Cc3ccccc3-c3c(C4CCCCC4)c4ccc(C(=O)O)cc4n3C2)nc1CC1CCOCC1. The molecule has 206 valence electrons. The van der Waals surface area contributed by atoms with Crippen LogP contribution >= 0.6 is 0 Å². The van der Waals surface area contributed by atoms with Gasteiger partial charge in [-0.1, -0.05) is 49.6 Å². The highest BCUT2D eigenvalue weighted by molar-refractivity contribution is 6.00. The van der Waals surface area contributed by atoms with Crippen molar-refractivity contribution in [3.63, 3.8) is 0 Å². The lowest BCUT2D eigenvalue weighted by Crippen LogP contribution is -2.19. The molecule has 3 aliphatic rings. The Bertz CT molecular complexity index is 1620. The van der Waals surface area contributed by atoms with E-state index in [2.05, 4.69) is 34.9 Å². The molecule has 1 saturated heterocycles. The fraction of sp³-hybridized carbons (Fsp3) is 0.424. The Kier molecular flexibility index (Phi) is 6.54. The number of benzene rings is 2. The van der Waals surface area contributed by atoms with Gasteiger partial charge in [-0.15, -0.1) is 0 Å². The number of carboxylic acid groups (broad SMARTS) is 1. The molecule has 0 spiro atoms. The maximum absolute atomic E-state index is 12.0. The first kappa shape index (κ1) is 25.3. The Morgan fingerprint density at radius 1 is 1.05 bits per heavy atom. The third kappa shape index (κ3) is 4.46. The molecular formula is C33H36N4O3.